The van der Waals surface area contributed by atoms with Crippen molar-refractivity contribution in [2.45, 2.75) is 13.1 Å². The molecule has 0 bridgehead atoms. The summed E-state index contributed by atoms with van der Waals surface area (Å²) in [7, 11) is 0. The van der Waals surface area contributed by atoms with Gasteiger partial charge in [-0.25, -0.2) is 0 Å². The molecular weight excluding hydrogens is 256 g/mol. The Kier molecular flexibility index (Phi) is 5.35. The summed E-state index contributed by atoms with van der Waals surface area (Å²) in [6, 6.07) is 10.3. The van der Waals surface area contributed by atoms with E-state index in [4.69, 9.17) is 4.42 Å². The first kappa shape index (κ1) is 14.2. The third-order valence-electron chi connectivity index (χ3n) is 2.33. The summed E-state index contributed by atoms with van der Waals surface area (Å²) < 4.78 is 5.16. The van der Waals surface area contributed by atoms with Crippen LogP contribution in [0, 0.1) is 10.1 Å². The Labute approximate surface area is 110 Å². The molecule has 0 saturated carbocycles. The molecule has 96 valence electrons. The minimum Gasteiger partial charge on any atom is -0.468 e. The van der Waals surface area contributed by atoms with Crippen LogP contribution < -0.4 is 5.32 Å². The molecule has 0 spiro atoms. The fourth-order valence-corrected chi connectivity index (χ4v) is 1.52. The van der Waals surface area contributed by atoms with Crippen molar-refractivity contribution >= 4 is 18.1 Å². The normalized spacial score (nSPS) is 9.78. The fourth-order valence-electron chi connectivity index (χ4n) is 1.52. The van der Waals surface area contributed by atoms with E-state index in [0.717, 1.165) is 11.3 Å². The number of nitro benzene ring substituents is 1. The van der Waals surface area contributed by atoms with Gasteiger partial charge in [-0.15, -0.1) is 12.4 Å². The summed E-state index contributed by atoms with van der Waals surface area (Å²) >= 11 is 0. The highest BCUT2D eigenvalue weighted by atomic mass is 35.5. The van der Waals surface area contributed by atoms with Crippen LogP contribution in [0.4, 0.5) is 5.69 Å². The van der Waals surface area contributed by atoms with E-state index in [9.17, 15) is 10.1 Å². The molecule has 0 saturated heterocycles. The molecule has 6 heteroatoms. The first-order valence-electron chi connectivity index (χ1n) is 5.22. The van der Waals surface area contributed by atoms with E-state index in [2.05, 4.69) is 5.32 Å². The van der Waals surface area contributed by atoms with Crippen LogP contribution in [0.2, 0.25) is 0 Å². The molecule has 1 heterocycles. The summed E-state index contributed by atoms with van der Waals surface area (Å²) in [6.45, 7) is 1.18. The Morgan fingerprint density at radius 3 is 2.72 bits per heavy atom. The van der Waals surface area contributed by atoms with Crippen molar-refractivity contribution in [3.63, 3.8) is 0 Å². The van der Waals surface area contributed by atoms with Gasteiger partial charge in [0.15, 0.2) is 0 Å². The lowest BCUT2D eigenvalue weighted by Crippen LogP contribution is -2.12. The number of nitrogens with one attached hydrogen (secondary N) is 1. The van der Waals surface area contributed by atoms with E-state index >= 15 is 0 Å². The maximum atomic E-state index is 10.6. The molecule has 1 N–H and O–H groups in total. The Balaban J connectivity index is 0.00000162. The van der Waals surface area contributed by atoms with E-state index in [1.54, 1.807) is 18.4 Å². The second-order valence-corrected chi connectivity index (χ2v) is 3.61. The summed E-state index contributed by atoms with van der Waals surface area (Å²) in [5.74, 6) is 0.843. The zero-order valence-corrected chi connectivity index (χ0v) is 10.4. The van der Waals surface area contributed by atoms with Crippen LogP contribution in [0.3, 0.4) is 0 Å². The van der Waals surface area contributed by atoms with Gasteiger partial charge in [0.1, 0.15) is 5.76 Å². The average molecular weight is 269 g/mol. The molecule has 0 aliphatic heterocycles. The number of hydrogen-bond donors (Lipinski definition) is 1. The van der Waals surface area contributed by atoms with Crippen molar-refractivity contribution in [1.29, 1.82) is 0 Å². The van der Waals surface area contributed by atoms with E-state index in [1.165, 1.54) is 6.07 Å². The molecule has 1 aromatic heterocycles. The predicted molar refractivity (Wildman–Crippen MR) is 69.6 cm³/mol. The van der Waals surface area contributed by atoms with Gasteiger partial charge < -0.3 is 9.73 Å². The molecule has 1 aromatic carbocycles. The summed E-state index contributed by atoms with van der Waals surface area (Å²) in [6.07, 6.45) is 1.62. The monoisotopic (exact) mass is 268 g/mol. The number of non-ortho nitro benzene ring substituents is 1. The van der Waals surface area contributed by atoms with Crippen LogP contribution in [0.15, 0.2) is 47.1 Å². The Morgan fingerprint density at radius 1 is 1.22 bits per heavy atom. The van der Waals surface area contributed by atoms with Crippen molar-refractivity contribution < 1.29 is 9.34 Å². The summed E-state index contributed by atoms with van der Waals surface area (Å²) in [5.41, 5.74) is 0.994. The van der Waals surface area contributed by atoms with Crippen molar-refractivity contribution in [3.05, 3.63) is 64.1 Å². The number of halogens is 1. The SMILES string of the molecule is Cl.O=[N+]([O-])c1cccc(CNCc2ccco2)c1. The molecule has 0 aliphatic rings. The highest BCUT2D eigenvalue weighted by Crippen LogP contribution is 2.12. The summed E-state index contributed by atoms with van der Waals surface area (Å²) in [4.78, 5) is 10.2. The van der Waals surface area contributed by atoms with Crippen LogP contribution in [-0.4, -0.2) is 4.92 Å². The zero-order chi connectivity index (χ0) is 12.1. The van der Waals surface area contributed by atoms with Gasteiger partial charge in [-0.2, -0.15) is 0 Å². The van der Waals surface area contributed by atoms with Crippen LogP contribution >= 0.6 is 12.4 Å². The van der Waals surface area contributed by atoms with Crippen molar-refractivity contribution in [1.82, 2.24) is 5.32 Å². The van der Waals surface area contributed by atoms with Gasteiger partial charge in [-0.05, 0) is 17.7 Å². The lowest BCUT2D eigenvalue weighted by molar-refractivity contribution is -0.384. The van der Waals surface area contributed by atoms with Gasteiger partial charge in [0.2, 0.25) is 0 Å². The van der Waals surface area contributed by atoms with E-state index in [1.807, 2.05) is 18.2 Å². The van der Waals surface area contributed by atoms with E-state index in [0.29, 0.717) is 13.1 Å². The first-order valence-corrected chi connectivity index (χ1v) is 5.22. The topological polar surface area (TPSA) is 68.3 Å². The van der Waals surface area contributed by atoms with Gasteiger partial charge in [0, 0.05) is 18.7 Å². The fraction of sp³-hybridized carbons (Fsp3) is 0.167. The molecule has 0 amide bonds. The van der Waals surface area contributed by atoms with Crippen LogP contribution in [0.1, 0.15) is 11.3 Å². The van der Waals surface area contributed by atoms with E-state index in [-0.39, 0.29) is 18.1 Å². The first-order chi connectivity index (χ1) is 8.25. The molecule has 18 heavy (non-hydrogen) atoms. The molecule has 0 aliphatic carbocycles. The maximum Gasteiger partial charge on any atom is 0.269 e. The van der Waals surface area contributed by atoms with Gasteiger partial charge in [-0.3, -0.25) is 10.1 Å². The smallest absolute Gasteiger partial charge is 0.269 e. The average Bonchev–Trinajstić information content (AvgIpc) is 2.82. The standard InChI is InChI=1S/C12H12N2O3.ClH/c15-14(16)11-4-1-3-10(7-11)8-13-9-12-5-2-6-17-12;/h1-7,13H,8-9H2;1H. The van der Waals surface area contributed by atoms with Crippen molar-refractivity contribution in [2.24, 2.45) is 0 Å². The number of benzene rings is 1. The molecule has 2 aromatic rings. The van der Waals surface area contributed by atoms with Gasteiger partial charge >= 0.3 is 0 Å². The Hall–Kier alpha value is -1.85. The molecule has 0 atom stereocenters. The van der Waals surface area contributed by atoms with Crippen LogP contribution in [-0.2, 0) is 13.1 Å². The van der Waals surface area contributed by atoms with Crippen LogP contribution in [0.5, 0.6) is 0 Å². The number of nitro groups is 1. The van der Waals surface area contributed by atoms with Crippen molar-refractivity contribution in [2.75, 3.05) is 0 Å². The number of hydrogen-bond acceptors (Lipinski definition) is 4. The zero-order valence-electron chi connectivity index (χ0n) is 9.54. The molecule has 0 unspecified atom stereocenters. The molecule has 0 fully saturated rings. The second kappa shape index (κ2) is 6.78. The number of rotatable bonds is 5. The minimum atomic E-state index is -0.393. The Bertz CT molecular complexity index is 500. The van der Waals surface area contributed by atoms with Crippen molar-refractivity contribution in [3.8, 4) is 0 Å². The molecule has 0 radical (unpaired) electrons. The predicted octanol–water partition coefficient (Wildman–Crippen LogP) is 2.90. The highest BCUT2D eigenvalue weighted by molar-refractivity contribution is 5.85. The maximum absolute atomic E-state index is 10.6. The minimum absolute atomic E-state index is 0. The highest BCUT2D eigenvalue weighted by Gasteiger charge is 2.05. The van der Waals surface area contributed by atoms with E-state index < -0.39 is 4.92 Å². The Morgan fingerprint density at radius 2 is 2.06 bits per heavy atom. The molecule has 2 rings (SSSR count). The van der Waals surface area contributed by atoms with Gasteiger partial charge in [0.25, 0.3) is 5.69 Å². The van der Waals surface area contributed by atoms with Gasteiger partial charge in [0.05, 0.1) is 17.7 Å². The van der Waals surface area contributed by atoms with Gasteiger partial charge in [-0.1, -0.05) is 12.1 Å². The molecule has 5 nitrogen and oxygen atoms in total. The quantitative estimate of drug-likeness (QED) is 0.669. The lowest BCUT2D eigenvalue weighted by Gasteiger charge is -2.02. The summed E-state index contributed by atoms with van der Waals surface area (Å²) in [5, 5.41) is 13.7. The van der Waals surface area contributed by atoms with Crippen LogP contribution in [0.25, 0.3) is 0 Å². The third-order valence-corrected chi connectivity index (χ3v) is 2.33. The number of nitrogens with zero attached hydrogens (tertiary/aromatic N) is 1. The third kappa shape index (κ3) is 3.87. The largest absolute Gasteiger partial charge is 0.468 e. The second-order valence-electron chi connectivity index (χ2n) is 3.61. The number of furan rings is 1. The lowest BCUT2D eigenvalue weighted by atomic mass is 10.2. The molecular formula is C12H13ClN2O3.